The van der Waals surface area contributed by atoms with Crippen molar-refractivity contribution in [2.45, 2.75) is 12.2 Å². The fourth-order valence-corrected chi connectivity index (χ4v) is 3.50. The van der Waals surface area contributed by atoms with Gasteiger partial charge in [-0.25, -0.2) is 9.13 Å². The Morgan fingerprint density at radius 1 is 0.594 bits per heavy atom. The van der Waals surface area contributed by atoms with E-state index in [0.29, 0.717) is 13.2 Å². The summed E-state index contributed by atoms with van der Waals surface area (Å²) in [5, 5.41) is 5.35. The van der Waals surface area contributed by atoms with Crippen molar-refractivity contribution in [3.05, 3.63) is 0 Å². The summed E-state index contributed by atoms with van der Waals surface area (Å²) in [5.74, 6) is 0. The van der Waals surface area contributed by atoms with Crippen molar-refractivity contribution in [2.24, 2.45) is 0 Å². The van der Waals surface area contributed by atoms with Gasteiger partial charge in [-0.15, -0.1) is 0 Å². The Morgan fingerprint density at radius 3 is 1.16 bits per heavy atom. The number of hydrogen-bond donors (Lipinski definition) is 2. The molecule has 0 aromatic rings. The maximum absolute atomic E-state index is 11.8. The molecule has 196 valence electrons. The molecule has 0 amide bonds. The number of phosphoric ester groups is 2. The van der Waals surface area contributed by atoms with Gasteiger partial charge in [-0.1, -0.05) is 0 Å². The largest absolute Gasteiger partial charge is 0.475 e. The summed E-state index contributed by atoms with van der Waals surface area (Å²) in [6.07, 6.45) is -0.627. The second-order valence-corrected chi connectivity index (χ2v) is 9.28. The SMILES string of the molecule is CNCOP(=O)(OC)OCC(COC)OC.CNCOP(=O)(OC)OCC(COC)OC. The van der Waals surface area contributed by atoms with Gasteiger partial charge in [0.05, 0.1) is 26.4 Å². The summed E-state index contributed by atoms with van der Waals surface area (Å²) in [4.78, 5) is 0. The van der Waals surface area contributed by atoms with Gasteiger partial charge in [0.15, 0.2) is 0 Å². The first-order valence-corrected chi connectivity index (χ1v) is 12.4. The average Bonchev–Trinajstić information content (AvgIpc) is 2.82. The van der Waals surface area contributed by atoms with Crippen LogP contribution in [-0.4, -0.2) is 109 Å². The highest BCUT2D eigenvalue weighted by Gasteiger charge is 2.27. The molecule has 4 atom stereocenters. The second kappa shape index (κ2) is 21.5. The predicted octanol–water partition coefficient (Wildman–Crippen LogP) is 1.22. The van der Waals surface area contributed by atoms with Gasteiger partial charge in [0.1, 0.15) is 25.7 Å². The van der Waals surface area contributed by atoms with Gasteiger partial charge < -0.3 is 18.9 Å². The summed E-state index contributed by atoms with van der Waals surface area (Å²) in [6, 6.07) is 0. The summed E-state index contributed by atoms with van der Waals surface area (Å²) in [7, 11) is 4.93. The number of nitrogens with one attached hydrogen (secondary N) is 2. The highest BCUT2D eigenvalue weighted by Crippen LogP contribution is 2.48. The van der Waals surface area contributed by atoms with Crippen LogP contribution in [0.1, 0.15) is 0 Å². The Labute approximate surface area is 191 Å². The van der Waals surface area contributed by atoms with Crippen LogP contribution in [0.2, 0.25) is 0 Å². The Morgan fingerprint density at radius 2 is 0.938 bits per heavy atom. The zero-order valence-electron chi connectivity index (χ0n) is 20.2. The van der Waals surface area contributed by atoms with Crippen molar-refractivity contribution in [2.75, 3.05) is 96.6 Å². The molecule has 32 heavy (non-hydrogen) atoms. The molecular weight excluding hydrogens is 474 g/mol. The average molecular weight is 514 g/mol. The number of methoxy groups -OCH3 is 4. The van der Waals surface area contributed by atoms with E-state index in [1.54, 1.807) is 28.3 Å². The van der Waals surface area contributed by atoms with Crippen molar-refractivity contribution >= 4 is 15.6 Å². The van der Waals surface area contributed by atoms with Crippen LogP contribution in [0, 0.1) is 0 Å². The summed E-state index contributed by atoms with van der Waals surface area (Å²) in [5.41, 5.74) is 0. The van der Waals surface area contributed by atoms with Crippen molar-refractivity contribution in [1.29, 1.82) is 0 Å². The van der Waals surface area contributed by atoms with Gasteiger partial charge in [-0.3, -0.25) is 37.8 Å². The Kier molecular flexibility index (Phi) is 23.0. The molecule has 0 spiro atoms. The molecule has 0 saturated heterocycles. The molecule has 14 nitrogen and oxygen atoms in total. The number of ether oxygens (including phenoxy) is 4. The third kappa shape index (κ3) is 17.5. The summed E-state index contributed by atoms with van der Waals surface area (Å²) in [6.45, 7) is 0.969. The first-order valence-electron chi connectivity index (χ1n) is 9.45. The van der Waals surface area contributed by atoms with Crippen LogP contribution in [0.15, 0.2) is 0 Å². The van der Waals surface area contributed by atoms with Crippen molar-refractivity contribution in [1.82, 2.24) is 10.6 Å². The van der Waals surface area contributed by atoms with Gasteiger partial charge in [0.2, 0.25) is 0 Å². The molecule has 0 fully saturated rings. The zero-order chi connectivity index (χ0) is 24.9. The Balaban J connectivity index is 0. The molecule has 0 aromatic carbocycles. The lowest BCUT2D eigenvalue weighted by molar-refractivity contribution is -0.01000. The minimum Gasteiger partial charge on any atom is -0.382 e. The van der Waals surface area contributed by atoms with E-state index in [1.165, 1.54) is 28.4 Å². The fraction of sp³-hybridized carbons (Fsp3) is 1.00. The quantitative estimate of drug-likeness (QED) is 0.177. The fourth-order valence-electron chi connectivity index (χ4n) is 1.66. The van der Waals surface area contributed by atoms with E-state index in [1.807, 2.05) is 0 Å². The van der Waals surface area contributed by atoms with Crippen molar-refractivity contribution < 1.29 is 55.2 Å². The molecule has 4 unspecified atom stereocenters. The lowest BCUT2D eigenvalue weighted by Crippen LogP contribution is -2.23. The van der Waals surface area contributed by atoms with Gasteiger partial charge in [0.25, 0.3) is 0 Å². The molecule has 0 aliphatic rings. The predicted molar refractivity (Wildman–Crippen MR) is 117 cm³/mol. The molecule has 0 aliphatic heterocycles. The Hall–Kier alpha value is -0.0200. The van der Waals surface area contributed by atoms with E-state index < -0.39 is 15.6 Å². The molecular formula is C16H40N2O12P2. The van der Waals surface area contributed by atoms with Crippen LogP contribution in [0.5, 0.6) is 0 Å². The van der Waals surface area contributed by atoms with Crippen LogP contribution < -0.4 is 10.6 Å². The maximum Gasteiger partial charge on any atom is 0.475 e. The standard InChI is InChI=1S/2C8H20NO6P/c2*1-9-7-15-16(10,13-4)14-6-8(12-3)5-11-2/h2*8-9H,5-7H2,1-4H3. The van der Waals surface area contributed by atoms with E-state index in [4.69, 9.17) is 37.0 Å². The lowest BCUT2D eigenvalue weighted by Gasteiger charge is -2.19. The van der Waals surface area contributed by atoms with Crippen LogP contribution >= 0.6 is 15.6 Å². The molecule has 2 N–H and O–H groups in total. The topological polar surface area (TPSA) is 150 Å². The van der Waals surface area contributed by atoms with Crippen LogP contribution in [0.25, 0.3) is 0 Å². The number of phosphoric acid groups is 2. The molecule has 0 heterocycles. The molecule has 0 radical (unpaired) electrons. The van der Waals surface area contributed by atoms with Gasteiger partial charge >= 0.3 is 15.6 Å². The van der Waals surface area contributed by atoms with Gasteiger partial charge in [0, 0.05) is 42.7 Å². The molecule has 0 rings (SSSR count). The molecule has 0 aromatic heterocycles. The van der Waals surface area contributed by atoms with Crippen LogP contribution in [-0.2, 0) is 55.2 Å². The normalized spacial score (nSPS) is 17.0. The smallest absolute Gasteiger partial charge is 0.382 e. The van der Waals surface area contributed by atoms with E-state index in [0.717, 1.165) is 0 Å². The first kappa shape index (κ1) is 34.1. The summed E-state index contributed by atoms with van der Waals surface area (Å²) >= 11 is 0. The molecule has 16 heteroatoms. The van der Waals surface area contributed by atoms with E-state index in [9.17, 15) is 9.13 Å². The maximum atomic E-state index is 11.8. The molecule has 0 saturated carbocycles. The zero-order valence-corrected chi connectivity index (χ0v) is 22.0. The third-order valence-corrected chi connectivity index (χ3v) is 6.11. The molecule has 0 bridgehead atoms. The first-order chi connectivity index (χ1) is 15.2. The number of rotatable bonds is 20. The minimum atomic E-state index is -3.51. The number of hydrogen-bond acceptors (Lipinski definition) is 14. The highest BCUT2D eigenvalue weighted by atomic mass is 31.2. The molecule has 0 aliphatic carbocycles. The Bertz CT molecular complexity index is 473. The van der Waals surface area contributed by atoms with Crippen molar-refractivity contribution in [3.63, 3.8) is 0 Å². The van der Waals surface area contributed by atoms with Crippen LogP contribution in [0.4, 0.5) is 0 Å². The highest BCUT2D eigenvalue weighted by molar-refractivity contribution is 7.48. The van der Waals surface area contributed by atoms with Gasteiger partial charge in [-0.2, -0.15) is 0 Å². The lowest BCUT2D eigenvalue weighted by atomic mass is 10.4. The third-order valence-electron chi connectivity index (χ3n) is 3.39. The van der Waals surface area contributed by atoms with E-state index in [-0.39, 0.29) is 38.9 Å². The monoisotopic (exact) mass is 514 g/mol. The summed E-state index contributed by atoms with van der Waals surface area (Å²) < 4.78 is 72.7. The van der Waals surface area contributed by atoms with Gasteiger partial charge in [-0.05, 0) is 14.1 Å². The van der Waals surface area contributed by atoms with Crippen molar-refractivity contribution in [3.8, 4) is 0 Å². The second-order valence-electron chi connectivity index (χ2n) is 5.73. The van der Waals surface area contributed by atoms with Crippen LogP contribution in [0.3, 0.4) is 0 Å². The van der Waals surface area contributed by atoms with E-state index in [2.05, 4.69) is 19.7 Å². The van der Waals surface area contributed by atoms with E-state index >= 15 is 0 Å². The minimum absolute atomic E-state index is 0.0686.